The first-order valence-electron chi connectivity index (χ1n) is 5.74. The van der Waals surface area contributed by atoms with Gasteiger partial charge in [0.2, 0.25) is 0 Å². The zero-order chi connectivity index (χ0) is 12.3. The van der Waals surface area contributed by atoms with Gasteiger partial charge in [0.25, 0.3) is 0 Å². The predicted molar refractivity (Wildman–Crippen MR) is 71.3 cm³/mol. The van der Waals surface area contributed by atoms with Gasteiger partial charge in [-0.2, -0.15) is 0 Å². The summed E-state index contributed by atoms with van der Waals surface area (Å²) < 4.78 is 12.9. The number of benzene rings is 1. The van der Waals surface area contributed by atoms with E-state index in [9.17, 15) is 4.39 Å². The molecule has 0 unspecified atom stereocenters. The number of hydrogen-bond acceptors (Lipinski definition) is 2. The van der Waals surface area contributed by atoms with E-state index in [0.29, 0.717) is 5.11 Å². The number of nitrogens with zero attached hydrogens (tertiary/aromatic N) is 2. The fraction of sp³-hybridized carbons (Fsp3) is 0.417. The number of anilines is 1. The summed E-state index contributed by atoms with van der Waals surface area (Å²) in [7, 11) is 0. The highest BCUT2D eigenvalue weighted by molar-refractivity contribution is 7.80. The summed E-state index contributed by atoms with van der Waals surface area (Å²) in [4.78, 5) is 4.24. The molecule has 0 aromatic heterocycles. The van der Waals surface area contributed by atoms with E-state index in [2.05, 4.69) is 17.1 Å². The van der Waals surface area contributed by atoms with E-state index in [1.165, 1.54) is 12.1 Å². The largest absolute Gasteiger partial charge is 0.349 e. The van der Waals surface area contributed by atoms with Crippen LogP contribution >= 0.6 is 12.2 Å². The number of nitrogens with one attached hydrogen (secondary N) is 1. The molecule has 1 N–H and O–H groups in total. The molecule has 0 aliphatic carbocycles. The Bertz CT molecular complexity index is 393. The molecular weight excluding hydrogens is 237 g/mol. The van der Waals surface area contributed by atoms with Gasteiger partial charge in [0.05, 0.1) is 13.3 Å². The third-order valence-electron chi connectivity index (χ3n) is 2.72. The number of hydrogen-bond donors (Lipinski definition) is 1. The molecule has 1 fully saturated rings. The van der Waals surface area contributed by atoms with Crippen LogP contribution in [-0.2, 0) is 0 Å². The average molecular weight is 253 g/mol. The molecule has 3 nitrogen and oxygen atoms in total. The van der Waals surface area contributed by atoms with Gasteiger partial charge in [-0.3, -0.25) is 4.90 Å². The van der Waals surface area contributed by atoms with E-state index in [4.69, 9.17) is 12.2 Å². The molecular formula is C12H16FN3S. The van der Waals surface area contributed by atoms with Crippen molar-refractivity contribution in [3.8, 4) is 0 Å². The maximum Gasteiger partial charge on any atom is 0.175 e. The second-order valence-electron chi connectivity index (χ2n) is 4.08. The van der Waals surface area contributed by atoms with Crippen molar-refractivity contribution in [1.29, 1.82) is 0 Å². The molecule has 0 saturated carbocycles. The molecule has 1 aliphatic heterocycles. The Labute approximate surface area is 106 Å². The molecule has 0 radical (unpaired) electrons. The summed E-state index contributed by atoms with van der Waals surface area (Å²) in [6, 6.07) is 6.41. The molecule has 0 amide bonds. The topological polar surface area (TPSA) is 18.5 Å². The molecule has 5 heteroatoms. The van der Waals surface area contributed by atoms with Gasteiger partial charge in [0.15, 0.2) is 5.11 Å². The Morgan fingerprint density at radius 2 is 2.06 bits per heavy atom. The molecule has 1 aromatic rings. The summed E-state index contributed by atoms with van der Waals surface area (Å²) in [6.07, 6.45) is 1.10. The van der Waals surface area contributed by atoms with Gasteiger partial charge in [0, 0.05) is 12.2 Å². The Morgan fingerprint density at radius 1 is 1.35 bits per heavy atom. The van der Waals surface area contributed by atoms with Crippen LogP contribution in [0.5, 0.6) is 0 Å². The van der Waals surface area contributed by atoms with Gasteiger partial charge < -0.3 is 10.2 Å². The minimum Gasteiger partial charge on any atom is -0.349 e. The van der Waals surface area contributed by atoms with Gasteiger partial charge in [-0.05, 0) is 42.9 Å². The third kappa shape index (κ3) is 2.92. The van der Waals surface area contributed by atoms with Gasteiger partial charge in [-0.1, -0.05) is 6.92 Å². The summed E-state index contributed by atoms with van der Waals surface area (Å²) in [5, 5.41) is 3.87. The monoisotopic (exact) mass is 253 g/mol. The van der Waals surface area contributed by atoms with E-state index < -0.39 is 0 Å². The van der Waals surface area contributed by atoms with E-state index in [0.717, 1.165) is 32.0 Å². The molecule has 1 saturated heterocycles. The second kappa shape index (κ2) is 5.42. The van der Waals surface area contributed by atoms with Crippen molar-refractivity contribution < 1.29 is 4.39 Å². The van der Waals surface area contributed by atoms with Crippen LogP contribution in [0.15, 0.2) is 24.3 Å². The van der Waals surface area contributed by atoms with Gasteiger partial charge in [-0.15, -0.1) is 0 Å². The number of thiocarbonyl (C=S) groups is 1. The summed E-state index contributed by atoms with van der Waals surface area (Å²) >= 11 is 5.27. The summed E-state index contributed by atoms with van der Waals surface area (Å²) in [6.45, 7) is 4.71. The molecule has 0 atom stereocenters. The Balaban J connectivity index is 2.12. The van der Waals surface area contributed by atoms with Crippen LogP contribution in [0.3, 0.4) is 0 Å². The predicted octanol–water partition coefficient (Wildman–Crippen LogP) is 2.15. The molecule has 92 valence electrons. The van der Waals surface area contributed by atoms with Gasteiger partial charge in [0.1, 0.15) is 5.82 Å². The van der Waals surface area contributed by atoms with Crippen molar-refractivity contribution in [3.05, 3.63) is 30.1 Å². The minimum absolute atomic E-state index is 0.227. The van der Waals surface area contributed by atoms with Crippen molar-refractivity contribution in [2.75, 3.05) is 24.8 Å². The lowest BCUT2D eigenvalue weighted by molar-refractivity contribution is 0.261. The highest BCUT2D eigenvalue weighted by atomic mass is 32.1. The lowest BCUT2D eigenvalue weighted by Gasteiger charge is -2.37. The smallest absolute Gasteiger partial charge is 0.175 e. The number of rotatable bonds is 3. The van der Waals surface area contributed by atoms with Crippen molar-refractivity contribution >= 4 is 23.0 Å². The zero-order valence-electron chi connectivity index (χ0n) is 9.82. The first-order valence-corrected chi connectivity index (χ1v) is 6.15. The van der Waals surface area contributed by atoms with Crippen LogP contribution < -0.4 is 10.2 Å². The maximum absolute atomic E-state index is 12.9. The normalized spacial score (nSPS) is 17.1. The first kappa shape index (κ1) is 12.3. The van der Waals surface area contributed by atoms with Crippen LogP contribution in [0.25, 0.3) is 0 Å². The van der Waals surface area contributed by atoms with Crippen LogP contribution in [0, 0.1) is 5.82 Å². The molecule has 0 spiro atoms. The second-order valence-corrected chi connectivity index (χ2v) is 4.47. The van der Waals surface area contributed by atoms with Crippen molar-refractivity contribution in [1.82, 2.24) is 10.2 Å². The van der Waals surface area contributed by atoms with E-state index in [1.54, 1.807) is 12.1 Å². The van der Waals surface area contributed by atoms with Crippen LogP contribution in [0.1, 0.15) is 13.3 Å². The van der Waals surface area contributed by atoms with E-state index in [-0.39, 0.29) is 5.82 Å². The SMILES string of the molecule is CCCN1CNC(=S)N(c2ccc(F)cc2)C1. The summed E-state index contributed by atoms with van der Waals surface area (Å²) in [5.41, 5.74) is 0.921. The fourth-order valence-electron chi connectivity index (χ4n) is 1.88. The molecule has 1 aliphatic rings. The van der Waals surface area contributed by atoms with E-state index >= 15 is 0 Å². The van der Waals surface area contributed by atoms with Crippen LogP contribution in [-0.4, -0.2) is 29.9 Å². The molecule has 17 heavy (non-hydrogen) atoms. The van der Waals surface area contributed by atoms with Crippen molar-refractivity contribution in [3.63, 3.8) is 0 Å². The van der Waals surface area contributed by atoms with Crippen LogP contribution in [0.2, 0.25) is 0 Å². The molecule has 2 rings (SSSR count). The Kier molecular flexibility index (Phi) is 3.91. The zero-order valence-corrected chi connectivity index (χ0v) is 10.6. The highest BCUT2D eigenvalue weighted by Gasteiger charge is 2.20. The van der Waals surface area contributed by atoms with Crippen LogP contribution in [0.4, 0.5) is 10.1 Å². The average Bonchev–Trinajstić information content (AvgIpc) is 2.33. The molecule has 0 bridgehead atoms. The van der Waals surface area contributed by atoms with Crippen molar-refractivity contribution in [2.24, 2.45) is 0 Å². The Hall–Kier alpha value is -1.20. The fourth-order valence-corrected chi connectivity index (χ4v) is 2.10. The van der Waals surface area contributed by atoms with E-state index in [1.807, 2.05) is 4.90 Å². The quantitative estimate of drug-likeness (QED) is 0.832. The third-order valence-corrected chi connectivity index (χ3v) is 3.08. The standard InChI is InChI=1S/C12H16FN3S/c1-2-7-15-8-14-12(17)16(9-15)11-5-3-10(13)4-6-11/h3-6H,2,7-9H2,1H3,(H,14,17). The number of halogens is 1. The maximum atomic E-state index is 12.9. The summed E-state index contributed by atoms with van der Waals surface area (Å²) in [5.74, 6) is -0.227. The molecule has 1 heterocycles. The minimum atomic E-state index is -0.227. The first-order chi connectivity index (χ1) is 8.20. The lowest BCUT2D eigenvalue weighted by atomic mass is 10.3. The van der Waals surface area contributed by atoms with Gasteiger partial charge in [-0.25, -0.2) is 4.39 Å². The highest BCUT2D eigenvalue weighted by Crippen LogP contribution is 2.17. The van der Waals surface area contributed by atoms with Crippen molar-refractivity contribution in [2.45, 2.75) is 13.3 Å². The van der Waals surface area contributed by atoms with Gasteiger partial charge >= 0.3 is 0 Å². The molecule has 1 aromatic carbocycles. The Morgan fingerprint density at radius 3 is 2.71 bits per heavy atom. The lowest BCUT2D eigenvalue weighted by Crippen LogP contribution is -2.56.